The zero-order valence-corrected chi connectivity index (χ0v) is 15.2. The highest BCUT2D eigenvalue weighted by atomic mass is 16.5. The molecule has 0 heterocycles. The van der Waals surface area contributed by atoms with Gasteiger partial charge in [0.05, 0.1) is 12.5 Å². The Morgan fingerprint density at radius 2 is 1.84 bits per heavy atom. The van der Waals surface area contributed by atoms with E-state index in [-0.39, 0.29) is 5.91 Å². The van der Waals surface area contributed by atoms with Crippen molar-refractivity contribution in [1.29, 1.82) is 5.26 Å². The highest BCUT2D eigenvalue weighted by Crippen LogP contribution is 2.28. The first-order chi connectivity index (χ1) is 11.9. The van der Waals surface area contributed by atoms with Crippen molar-refractivity contribution in [2.45, 2.75) is 46.1 Å². The number of amides is 1. The largest absolute Gasteiger partial charge is 0.481 e. The predicted molar refractivity (Wildman–Crippen MR) is 99.7 cm³/mol. The number of rotatable bonds is 6. The van der Waals surface area contributed by atoms with Gasteiger partial charge in [0.25, 0.3) is 5.91 Å². The average molecular weight is 336 g/mol. The van der Waals surface area contributed by atoms with E-state index in [1.165, 1.54) is 0 Å². The number of nitrogens with one attached hydrogen (secondary N) is 1. The average Bonchev–Trinajstić information content (AvgIpc) is 2.56. The molecule has 130 valence electrons. The lowest BCUT2D eigenvalue weighted by atomic mass is 10.0. The molecule has 0 radical (unpaired) electrons. The van der Waals surface area contributed by atoms with Gasteiger partial charge in [-0.3, -0.25) is 4.79 Å². The number of benzene rings is 2. The van der Waals surface area contributed by atoms with Crippen LogP contribution in [-0.4, -0.2) is 12.0 Å². The molecule has 1 atom stereocenters. The van der Waals surface area contributed by atoms with Crippen molar-refractivity contribution in [3.8, 4) is 11.8 Å². The molecule has 2 aromatic rings. The Morgan fingerprint density at radius 1 is 1.16 bits per heavy atom. The summed E-state index contributed by atoms with van der Waals surface area (Å²) in [6, 6.07) is 15.4. The van der Waals surface area contributed by atoms with Crippen LogP contribution in [-0.2, 0) is 11.2 Å². The monoisotopic (exact) mass is 336 g/mol. The van der Waals surface area contributed by atoms with Crippen LogP contribution >= 0.6 is 0 Å². The van der Waals surface area contributed by atoms with Crippen molar-refractivity contribution in [3.05, 3.63) is 59.2 Å². The lowest BCUT2D eigenvalue weighted by molar-refractivity contribution is -0.122. The fourth-order valence-corrected chi connectivity index (χ4v) is 2.51. The third kappa shape index (κ3) is 5.09. The summed E-state index contributed by atoms with van der Waals surface area (Å²) < 4.78 is 5.93. The van der Waals surface area contributed by atoms with Crippen LogP contribution in [0.4, 0.5) is 5.69 Å². The van der Waals surface area contributed by atoms with Crippen LogP contribution in [0.15, 0.2) is 42.5 Å². The minimum Gasteiger partial charge on any atom is -0.481 e. The van der Waals surface area contributed by atoms with Crippen molar-refractivity contribution < 1.29 is 9.53 Å². The summed E-state index contributed by atoms with van der Waals surface area (Å²) in [6.45, 7) is 7.95. The normalized spacial score (nSPS) is 11.7. The molecule has 0 unspecified atom stereocenters. The number of carbonyl (C=O) groups excluding carboxylic acids is 1. The Kier molecular flexibility index (Phi) is 6.19. The quantitative estimate of drug-likeness (QED) is 0.839. The van der Waals surface area contributed by atoms with E-state index in [9.17, 15) is 4.79 Å². The molecule has 0 bridgehead atoms. The zero-order chi connectivity index (χ0) is 18.4. The van der Waals surface area contributed by atoms with E-state index in [2.05, 4.69) is 31.3 Å². The van der Waals surface area contributed by atoms with Gasteiger partial charge >= 0.3 is 0 Å². The van der Waals surface area contributed by atoms with Gasteiger partial charge < -0.3 is 10.1 Å². The second kappa shape index (κ2) is 8.34. The summed E-state index contributed by atoms with van der Waals surface area (Å²) in [5.41, 5.74) is 3.80. The van der Waals surface area contributed by atoms with Crippen molar-refractivity contribution in [2.75, 3.05) is 5.32 Å². The molecule has 0 fully saturated rings. The molecule has 0 saturated carbocycles. The minimum absolute atomic E-state index is 0.204. The number of hydrogen-bond acceptors (Lipinski definition) is 3. The van der Waals surface area contributed by atoms with E-state index in [0.717, 1.165) is 22.4 Å². The molecule has 2 rings (SSSR count). The standard InChI is InChI=1S/C21H24N2O2/c1-14(2)19-10-5-15(3)13-20(19)25-16(4)21(24)23-18-8-6-17(7-9-18)11-12-22/h5-10,13-14,16H,11H2,1-4H3,(H,23,24)/t16-/m1/s1. The van der Waals surface area contributed by atoms with E-state index in [0.29, 0.717) is 18.0 Å². The number of hydrogen-bond donors (Lipinski definition) is 1. The van der Waals surface area contributed by atoms with Crippen molar-refractivity contribution in [3.63, 3.8) is 0 Å². The Hall–Kier alpha value is -2.80. The maximum absolute atomic E-state index is 12.4. The van der Waals surface area contributed by atoms with Crippen LogP contribution in [0, 0.1) is 18.3 Å². The molecule has 1 amide bonds. The minimum atomic E-state index is -0.613. The fourth-order valence-electron chi connectivity index (χ4n) is 2.51. The number of nitriles is 1. The van der Waals surface area contributed by atoms with Crippen LogP contribution in [0.3, 0.4) is 0 Å². The van der Waals surface area contributed by atoms with Gasteiger partial charge in [-0.2, -0.15) is 5.26 Å². The summed E-state index contributed by atoms with van der Waals surface area (Å²) in [5, 5.41) is 11.5. The van der Waals surface area contributed by atoms with E-state index in [4.69, 9.17) is 10.00 Å². The summed E-state index contributed by atoms with van der Waals surface area (Å²) in [6.07, 6.45) is -0.253. The summed E-state index contributed by atoms with van der Waals surface area (Å²) in [7, 11) is 0. The molecule has 0 aromatic heterocycles. The second-order valence-corrected chi connectivity index (χ2v) is 6.48. The fraction of sp³-hybridized carbons (Fsp3) is 0.333. The van der Waals surface area contributed by atoms with Crippen LogP contribution in [0.1, 0.15) is 43.4 Å². The van der Waals surface area contributed by atoms with Gasteiger partial charge in [-0.05, 0) is 54.7 Å². The van der Waals surface area contributed by atoms with Crippen LogP contribution in [0.25, 0.3) is 0 Å². The smallest absolute Gasteiger partial charge is 0.265 e. The Bertz CT molecular complexity index is 773. The van der Waals surface area contributed by atoms with Crippen molar-refractivity contribution >= 4 is 11.6 Å². The first-order valence-corrected chi connectivity index (χ1v) is 8.44. The van der Waals surface area contributed by atoms with Gasteiger partial charge in [-0.15, -0.1) is 0 Å². The second-order valence-electron chi connectivity index (χ2n) is 6.48. The number of carbonyl (C=O) groups is 1. The molecule has 1 N–H and O–H groups in total. The highest BCUT2D eigenvalue weighted by molar-refractivity contribution is 5.94. The molecular weight excluding hydrogens is 312 g/mol. The Balaban J connectivity index is 2.05. The predicted octanol–water partition coefficient (Wildman–Crippen LogP) is 4.59. The SMILES string of the molecule is Cc1ccc(C(C)C)c(O[C@H](C)C(=O)Nc2ccc(CC#N)cc2)c1. The van der Waals surface area contributed by atoms with Crippen molar-refractivity contribution in [2.24, 2.45) is 0 Å². The van der Waals surface area contributed by atoms with E-state index >= 15 is 0 Å². The highest BCUT2D eigenvalue weighted by Gasteiger charge is 2.17. The molecule has 25 heavy (non-hydrogen) atoms. The molecule has 0 saturated heterocycles. The molecule has 2 aromatic carbocycles. The molecule has 0 aliphatic heterocycles. The molecular formula is C21H24N2O2. The van der Waals surface area contributed by atoms with Gasteiger partial charge in [0.15, 0.2) is 6.10 Å². The molecule has 0 aliphatic carbocycles. The third-order valence-electron chi connectivity index (χ3n) is 3.97. The number of anilines is 1. The third-order valence-corrected chi connectivity index (χ3v) is 3.97. The molecule has 0 aliphatic rings. The van der Waals surface area contributed by atoms with Gasteiger partial charge in [0, 0.05) is 5.69 Å². The summed E-state index contributed by atoms with van der Waals surface area (Å²) in [5.74, 6) is 0.866. The lowest BCUT2D eigenvalue weighted by Gasteiger charge is -2.19. The summed E-state index contributed by atoms with van der Waals surface area (Å²) >= 11 is 0. The first-order valence-electron chi connectivity index (χ1n) is 8.44. The summed E-state index contributed by atoms with van der Waals surface area (Å²) in [4.78, 5) is 12.4. The van der Waals surface area contributed by atoms with Crippen LogP contribution in [0.5, 0.6) is 5.75 Å². The van der Waals surface area contributed by atoms with E-state index < -0.39 is 6.10 Å². The number of aryl methyl sites for hydroxylation is 1. The van der Waals surface area contributed by atoms with Crippen molar-refractivity contribution in [1.82, 2.24) is 0 Å². The van der Waals surface area contributed by atoms with Gasteiger partial charge in [0.1, 0.15) is 5.75 Å². The molecule has 4 heteroatoms. The zero-order valence-electron chi connectivity index (χ0n) is 15.2. The number of ether oxygens (including phenoxy) is 1. The molecule has 4 nitrogen and oxygen atoms in total. The first kappa shape index (κ1) is 18.5. The van der Waals surface area contributed by atoms with Crippen LogP contribution in [0.2, 0.25) is 0 Å². The van der Waals surface area contributed by atoms with E-state index in [1.807, 2.05) is 31.2 Å². The topological polar surface area (TPSA) is 62.1 Å². The van der Waals surface area contributed by atoms with Gasteiger partial charge in [0.2, 0.25) is 0 Å². The Labute approximate surface area is 149 Å². The maximum atomic E-state index is 12.4. The molecule has 0 spiro atoms. The van der Waals surface area contributed by atoms with Gasteiger partial charge in [-0.1, -0.05) is 38.1 Å². The Morgan fingerprint density at radius 3 is 2.44 bits per heavy atom. The maximum Gasteiger partial charge on any atom is 0.265 e. The van der Waals surface area contributed by atoms with E-state index in [1.54, 1.807) is 19.1 Å². The van der Waals surface area contributed by atoms with Gasteiger partial charge in [-0.25, -0.2) is 0 Å². The lowest BCUT2D eigenvalue weighted by Crippen LogP contribution is -2.30. The van der Waals surface area contributed by atoms with Crippen LogP contribution < -0.4 is 10.1 Å². The number of nitrogens with zero attached hydrogens (tertiary/aromatic N) is 1.